The van der Waals surface area contributed by atoms with Gasteiger partial charge >= 0.3 is 0 Å². The molecule has 2 heteroatoms. The van der Waals surface area contributed by atoms with Crippen LogP contribution >= 0.6 is 0 Å². The molecule has 0 saturated carbocycles. The third-order valence-electron chi connectivity index (χ3n) is 2.41. The van der Waals surface area contributed by atoms with Crippen LogP contribution in [0.2, 0.25) is 0 Å². The van der Waals surface area contributed by atoms with Gasteiger partial charge in [-0.1, -0.05) is 11.6 Å². The van der Waals surface area contributed by atoms with Crippen LogP contribution in [0.15, 0.2) is 18.2 Å². The highest BCUT2D eigenvalue weighted by Crippen LogP contribution is 2.34. The normalized spacial score (nSPS) is 26.4. The first-order valence-corrected chi connectivity index (χ1v) is 4.62. The maximum Gasteiger partial charge on any atom is 0.125 e. The summed E-state index contributed by atoms with van der Waals surface area (Å²) in [6, 6.07) is 5.93. The highest BCUT2D eigenvalue weighted by molar-refractivity contribution is 5.39. The molecule has 0 aromatic heterocycles. The van der Waals surface area contributed by atoms with Crippen molar-refractivity contribution in [3.63, 3.8) is 0 Å². The highest BCUT2D eigenvalue weighted by Gasteiger charge is 2.23. The molecule has 0 spiro atoms. The summed E-state index contributed by atoms with van der Waals surface area (Å²) in [5, 5.41) is 9.78. The maximum absolute atomic E-state index is 9.78. The molecule has 0 fully saturated rings. The molecule has 0 amide bonds. The van der Waals surface area contributed by atoms with Gasteiger partial charge in [-0.25, -0.2) is 0 Å². The van der Waals surface area contributed by atoms with Crippen LogP contribution < -0.4 is 4.74 Å². The lowest BCUT2D eigenvalue weighted by molar-refractivity contribution is 0.0749. The first-order chi connectivity index (χ1) is 6.16. The second-order valence-electron chi connectivity index (χ2n) is 3.72. The summed E-state index contributed by atoms with van der Waals surface area (Å²) in [7, 11) is 0. The molecule has 2 nitrogen and oxygen atoms in total. The average Bonchev–Trinajstić information content (AvgIpc) is 2.06. The third-order valence-corrected chi connectivity index (χ3v) is 2.41. The van der Waals surface area contributed by atoms with Gasteiger partial charge in [-0.2, -0.15) is 0 Å². The Hall–Kier alpha value is -1.02. The van der Waals surface area contributed by atoms with Crippen molar-refractivity contribution in [3.05, 3.63) is 29.3 Å². The molecule has 13 heavy (non-hydrogen) atoms. The predicted octanol–water partition coefficient (Wildman–Crippen LogP) is 2.20. The van der Waals surface area contributed by atoms with Gasteiger partial charge in [0.2, 0.25) is 0 Å². The largest absolute Gasteiger partial charge is 0.490 e. The van der Waals surface area contributed by atoms with E-state index in [-0.39, 0.29) is 12.2 Å². The maximum atomic E-state index is 9.78. The van der Waals surface area contributed by atoms with Crippen molar-refractivity contribution < 1.29 is 9.84 Å². The molecule has 1 aromatic rings. The fourth-order valence-corrected chi connectivity index (χ4v) is 1.74. The van der Waals surface area contributed by atoms with Crippen LogP contribution in [0.5, 0.6) is 5.75 Å². The van der Waals surface area contributed by atoms with Gasteiger partial charge in [-0.05, 0) is 26.0 Å². The van der Waals surface area contributed by atoms with E-state index < -0.39 is 0 Å². The van der Waals surface area contributed by atoms with E-state index >= 15 is 0 Å². The van der Waals surface area contributed by atoms with Gasteiger partial charge in [0.15, 0.2) is 0 Å². The third kappa shape index (κ3) is 1.54. The molecule has 70 valence electrons. The average molecular weight is 178 g/mol. The van der Waals surface area contributed by atoms with Crippen molar-refractivity contribution in [2.45, 2.75) is 32.5 Å². The summed E-state index contributed by atoms with van der Waals surface area (Å²) in [6.07, 6.45) is 0.444. The number of fused-ring (bicyclic) bond motifs is 1. The van der Waals surface area contributed by atoms with Crippen LogP contribution in [0, 0.1) is 6.92 Å². The molecule has 1 heterocycles. The Morgan fingerprint density at radius 2 is 2.23 bits per heavy atom. The lowest BCUT2D eigenvalue weighted by Crippen LogP contribution is -2.22. The lowest BCUT2D eigenvalue weighted by atomic mass is 9.98. The number of ether oxygens (including phenoxy) is 1. The zero-order chi connectivity index (χ0) is 9.42. The predicted molar refractivity (Wildman–Crippen MR) is 50.8 cm³/mol. The van der Waals surface area contributed by atoms with E-state index in [1.807, 2.05) is 32.0 Å². The summed E-state index contributed by atoms with van der Waals surface area (Å²) in [4.78, 5) is 0. The summed E-state index contributed by atoms with van der Waals surface area (Å²) in [5.41, 5.74) is 2.09. The minimum atomic E-state index is -0.362. The van der Waals surface area contributed by atoms with E-state index in [1.54, 1.807) is 0 Å². The van der Waals surface area contributed by atoms with Gasteiger partial charge in [-0.15, -0.1) is 0 Å². The Morgan fingerprint density at radius 1 is 1.46 bits per heavy atom. The molecule has 1 aliphatic heterocycles. The Labute approximate surface area is 78.2 Å². The van der Waals surface area contributed by atoms with Crippen molar-refractivity contribution >= 4 is 0 Å². The van der Waals surface area contributed by atoms with Crippen LogP contribution in [0.1, 0.15) is 30.6 Å². The quantitative estimate of drug-likeness (QED) is 0.660. The number of benzene rings is 1. The summed E-state index contributed by atoms with van der Waals surface area (Å²) < 4.78 is 5.60. The number of aliphatic hydroxyl groups excluding tert-OH is 1. The van der Waals surface area contributed by atoms with Gasteiger partial charge in [0, 0.05) is 12.0 Å². The van der Waals surface area contributed by atoms with Gasteiger partial charge in [0.25, 0.3) is 0 Å². The molecule has 0 radical (unpaired) electrons. The second-order valence-corrected chi connectivity index (χ2v) is 3.72. The number of aliphatic hydroxyl groups is 1. The first-order valence-electron chi connectivity index (χ1n) is 4.62. The molecule has 0 bridgehead atoms. The fourth-order valence-electron chi connectivity index (χ4n) is 1.74. The number of aryl methyl sites for hydroxylation is 1. The standard InChI is InChI=1S/C11H14O2/c1-7-3-4-11-9(5-7)10(12)6-8(2)13-11/h3-5,8,10,12H,6H2,1-2H3/t8?,10-/m0/s1. The van der Waals surface area contributed by atoms with E-state index in [4.69, 9.17) is 4.74 Å². The Bertz CT molecular complexity index is 320. The van der Waals surface area contributed by atoms with E-state index in [9.17, 15) is 5.11 Å². The van der Waals surface area contributed by atoms with Crippen molar-refractivity contribution in [3.8, 4) is 5.75 Å². The van der Waals surface area contributed by atoms with Gasteiger partial charge in [-0.3, -0.25) is 0 Å². The first kappa shape index (κ1) is 8.57. The van der Waals surface area contributed by atoms with Crippen LogP contribution in [-0.2, 0) is 0 Å². The molecule has 0 aliphatic carbocycles. The van der Waals surface area contributed by atoms with Crippen LogP contribution in [0.4, 0.5) is 0 Å². The van der Waals surface area contributed by atoms with E-state index in [0.717, 1.165) is 16.9 Å². The van der Waals surface area contributed by atoms with E-state index in [2.05, 4.69) is 0 Å². The molecule has 2 rings (SSSR count). The molecule has 1 unspecified atom stereocenters. The Kier molecular flexibility index (Phi) is 2.00. The number of rotatable bonds is 0. The van der Waals surface area contributed by atoms with Crippen molar-refractivity contribution in [1.29, 1.82) is 0 Å². The highest BCUT2D eigenvalue weighted by atomic mass is 16.5. The molecule has 1 aliphatic rings. The van der Waals surface area contributed by atoms with Gasteiger partial charge in [0.05, 0.1) is 12.2 Å². The van der Waals surface area contributed by atoms with Crippen LogP contribution in [0.3, 0.4) is 0 Å². The SMILES string of the molecule is Cc1ccc2c(c1)[C@@H](O)CC(C)O2. The van der Waals surface area contributed by atoms with Gasteiger partial charge < -0.3 is 9.84 Å². The molecular weight excluding hydrogens is 164 g/mol. The molecule has 2 atom stereocenters. The Balaban J connectivity index is 2.43. The minimum absolute atomic E-state index is 0.116. The fraction of sp³-hybridized carbons (Fsp3) is 0.455. The van der Waals surface area contributed by atoms with Crippen molar-refractivity contribution in [1.82, 2.24) is 0 Å². The zero-order valence-corrected chi connectivity index (χ0v) is 7.95. The molecule has 1 N–H and O–H groups in total. The molecular formula is C11H14O2. The lowest BCUT2D eigenvalue weighted by Gasteiger charge is -2.27. The number of hydrogen-bond donors (Lipinski definition) is 1. The molecule has 1 aromatic carbocycles. The summed E-state index contributed by atoms with van der Waals surface area (Å²) in [6.45, 7) is 4.00. The Morgan fingerprint density at radius 3 is 3.00 bits per heavy atom. The van der Waals surface area contributed by atoms with Gasteiger partial charge in [0.1, 0.15) is 5.75 Å². The van der Waals surface area contributed by atoms with Crippen LogP contribution in [0.25, 0.3) is 0 Å². The summed E-state index contributed by atoms with van der Waals surface area (Å²) >= 11 is 0. The molecule has 0 saturated heterocycles. The minimum Gasteiger partial charge on any atom is -0.490 e. The monoisotopic (exact) mass is 178 g/mol. The van der Waals surface area contributed by atoms with E-state index in [0.29, 0.717) is 6.42 Å². The number of hydrogen-bond acceptors (Lipinski definition) is 2. The van der Waals surface area contributed by atoms with Crippen molar-refractivity contribution in [2.24, 2.45) is 0 Å². The second kappa shape index (κ2) is 3.04. The van der Waals surface area contributed by atoms with E-state index in [1.165, 1.54) is 0 Å². The smallest absolute Gasteiger partial charge is 0.125 e. The van der Waals surface area contributed by atoms with Crippen LogP contribution in [-0.4, -0.2) is 11.2 Å². The topological polar surface area (TPSA) is 29.5 Å². The van der Waals surface area contributed by atoms with Crippen molar-refractivity contribution in [2.75, 3.05) is 0 Å². The summed E-state index contributed by atoms with van der Waals surface area (Å²) in [5.74, 6) is 0.830. The zero-order valence-electron chi connectivity index (χ0n) is 7.95.